The van der Waals surface area contributed by atoms with Gasteiger partial charge in [0, 0.05) is 30.0 Å². The van der Waals surface area contributed by atoms with Crippen LogP contribution in [0.15, 0.2) is 60.7 Å². The van der Waals surface area contributed by atoms with Gasteiger partial charge in [-0.15, -0.1) is 0 Å². The second kappa shape index (κ2) is 6.13. The molecule has 0 atom stereocenters. The highest BCUT2D eigenvalue weighted by Gasteiger charge is 2.27. The molecule has 0 spiro atoms. The highest BCUT2D eigenvalue weighted by Crippen LogP contribution is 2.33. The van der Waals surface area contributed by atoms with Gasteiger partial charge in [-0.3, -0.25) is 0 Å². The summed E-state index contributed by atoms with van der Waals surface area (Å²) in [5.74, 6) is 0. The predicted octanol–water partition coefficient (Wildman–Crippen LogP) is 2.20. The Labute approximate surface area is 147 Å². The fourth-order valence-corrected chi connectivity index (χ4v) is 3.62. The van der Waals surface area contributed by atoms with Crippen LogP contribution >= 0.6 is 0 Å². The number of benzene rings is 3. The monoisotopic (exact) mass is 328 g/mol. The number of nitrogens with one attached hydrogen (secondary N) is 2. The van der Waals surface area contributed by atoms with Crippen molar-refractivity contribution in [3.05, 3.63) is 60.7 Å². The molecule has 6 heteroatoms. The van der Waals surface area contributed by atoms with Gasteiger partial charge in [0.1, 0.15) is 0 Å². The van der Waals surface area contributed by atoms with E-state index in [9.17, 15) is 0 Å². The third-order valence-electron chi connectivity index (χ3n) is 4.87. The quantitative estimate of drug-likeness (QED) is 0.708. The van der Waals surface area contributed by atoms with Crippen molar-refractivity contribution in [2.24, 2.45) is 0 Å². The molecule has 4 nitrogen and oxygen atoms in total. The summed E-state index contributed by atoms with van der Waals surface area (Å²) in [6.07, 6.45) is 0.968. The molecule has 1 fully saturated rings. The van der Waals surface area contributed by atoms with Crippen LogP contribution in [0, 0.1) is 0 Å². The summed E-state index contributed by atoms with van der Waals surface area (Å²) in [5.41, 5.74) is 4.59. The van der Waals surface area contributed by atoms with E-state index in [1.807, 2.05) is 0 Å². The zero-order valence-corrected chi connectivity index (χ0v) is 13.9. The maximum atomic E-state index is 5.68. The summed E-state index contributed by atoms with van der Waals surface area (Å²) >= 11 is 0. The van der Waals surface area contributed by atoms with Crippen molar-refractivity contribution in [2.45, 2.75) is 6.42 Å². The largest absolute Gasteiger partial charge is 0.493 e. The van der Waals surface area contributed by atoms with E-state index in [1.165, 1.54) is 27.6 Å². The first-order valence-corrected chi connectivity index (χ1v) is 8.76. The van der Waals surface area contributed by atoms with Crippen LogP contribution in [0.2, 0.25) is 0 Å². The molecule has 0 radical (unpaired) electrons. The van der Waals surface area contributed by atoms with Crippen molar-refractivity contribution in [1.82, 2.24) is 0 Å². The van der Waals surface area contributed by atoms with Crippen LogP contribution in [0.1, 0.15) is 6.42 Å². The summed E-state index contributed by atoms with van der Waals surface area (Å²) in [5, 5.41) is 9.70. The van der Waals surface area contributed by atoms with Gasteiger partial charge in [0.25, 0.3) is 0 Å². The van der Waals surface area contributed by atoms with Crippen LogP contribution < -0.4 is 21.4 Å². The minimum atomic E-state index is -0.232. The molecule has 3 aromatic rings. The Morgan fingerprint density at radius 3 is 1.96 bits per heavy atom. The van der Waals surface area contributed by atoms with E-state index < -0.39 is 0 Å². The van der Waals surface area contributed by atoms with Crippen molar-refractivity contribution in [1.29, 1.82) is 0 Å². The van der Waals surface area contributed by atoms with Crippen molar-refractivity contribution < 1.29 is 9.31 Å². The summed E-state index contributed by atoms with van der Waals surface area (Å²) in [6.45, 7) is 1.57. The molecule has 2 heterocycles. The van der Waals surface area contributed by atoms with Crippen LogP contribution in [0.5, 0.6) is 0 Å². The highest BCUT2D eigenvalue weighted by molar-refractivity contribution is 6.80. The van der Waals surface area contributed by atoms with Gasteiger partial charge in [0.05, 0.1) is 0 Å². The Morgan fingerprint density at radius 2 is 1.32 bits per heavy atom. The van der Waals surface area contributed by atoms with Crippen molar-refractivity contribution in [3.8, 4) is 0 Å². The molecule has 0 aliphatic carbocycles. The minimum Gasteiger partial charge on any atom is -0.407 e. The van der Waals surface area contributed by atoms with Crippen LogP contribution in [0.3, 0.4) is 0 Å². The Bertz CT molecular complexity index is 870. The zero-order chi connectivity index (χ0) is 16.6. The van der Waals surface area contributed by atoms with Gasteiger partial charge < -0.3 is 19.8 Å². The third-order valence-corrected chi connectivity index (χ3v) is 4.87. The van der Waals surface area contributed by atoms with E-state index in [4.69, 9.17) is 9.31 Å². The van der Waals surface area contributed by atoms with Gasteiger partial charge in [-0.05, 0) is 34.9 Å². The average molecular weight is 328 g/mol. The normalized spacial score (nSPS) is 16.5. The lowest BCUT2D eigenvalue weighted by Gasteiger charge is -2.27. The predicted molar refractivity (Wildman–Crippen MR) is 105 cm³/mol. The first-order valence-electron chi connectivity index (χ1n) is 8.76. The summed E-state index contributed by atoms with van der Waals surface area (Å²) in [6, 6.07) is 21.2. The molecule has 0 unspecified atom stereocenters. The second-order valence-corrected chi connectivity index (χ2v) is 6.52. The molecule has 0 amide bonds. The fraction of sp³-hybridized carbons (Fsp3) is 0.158. The SMILES string of the molecule is c1cc2c3c(cccc3c1)NB(c1ccc(B3OCCCO3)cc1)N2. The molecule has 25 heavy (non-hydrogen) atoms. The summed E-state index contributed by atoms with van der Waals surface area (Å²) in [7, 11) is -0.232. The molecule has 122 valence electrons. The van der Waals surface area contributed by atoms with Crippen LogP contribution in [-0.2, 0) is 9.31 Å². The van der Waals surface area contributed by atoms with E-state index in [0.717, 1.165) is 25.1 Å². The van der Waals surface area contributed by atoms with E-state index in [-0.39, 0.29) is 14.1 Å². The molecular formula is C19H18B2N2O2. The Hall–Kier alpha value is -2.43. The Balaban J connectivity index is 1.43. The standard InChI is InChI=1S/C19H18B2N2O2/c1-4-14-5-2-7-18-19(14)17(6-1)22-20(23-18)15-8-10-16(11-9-15)21-24-12-3-13-25-21/h1-2,4-11,22-23H,3,12-13H2. The van der Waals surface area contributed by atoms with Crippen molar-refractivity contribution in [2.75, 3.05) is 23.7 Å². The molecule has 5 rings (SSSR count). The highest BCUT2D eigenvalue weighted by atomic mass is 16.6. The lowest BCUT2D eigenvalue weighted by Crippen LogP contribution is -2.49. The Kier molecular flexibility index (Phi) is 3.65. The van der Waals surface area contributed by atoms with E-state index in [0.29, 0.717) is 0 Å². The second-order valence-electron chi connectivity index (χ2n) is 6.52. The first kappa shape index (κ1) is 14.9. The van der Waals surface area contributed by atoms with Gasteiger partial charge in [-0.1, -0.05) is 48.5 Å². The van der Waals surface area contributed by atoms with E-state index >= 15 is 0 Å². The van der Waals surface area contributed by atoms with Crippen LogP contribution in [0.25, 0.3) is 10.8 Å². The molecule has 2 N–H and O–H groups in total. The molecule has 1 saturated heterocycles. The van der Waals surface area contributed by atoms with Gasteiger partial charge in [-0.2, -0.15) is 0 Å². The van der Waals surface area contributed by atoms with Gasteiger partial charge >= 0.3 is 14.1 Å². The lowest BCUT2D eigenvalue weighted by atomic mass is 9.65. The molecular weight excluding hydrogens is 310 g/mol. The molecule has 0 aromatic heterocycles. The van der Waals surface area contributed by atoms with Crippen LogP contribution in [0.4, 0.5) is 11.4 Å². The van der Waals surface area contributed by atoms with Crippen molar-refractivity contribution >= 4 is 47.2 Å². The van der Waals surface area contributed by atoms with E-state index in [1.54, 1.807) is 0 Å². The maximum Gasteiger partial charge on any atom is 0.493 e. The molecule has 0 bridgehead atoms. The fourth-order valence-electron chi connectivity index (χ4n) is 3.62. The number of hydrogen-bond donors (Lipinski definition) is 2. The maximum absolute atomic E-state index is 5.68. The average Bonchev–Trinajstić information content (AvgIpc) is 2.69. The summed E-state index contributed by atoms with van der Waals surface area (Å²) < 4.78 is 11.4. The van der Waals surface area contributed by atoms with E-state index in [2.05, 4.69) is 71.1 Å². The molecule has 2 aliphatic rings. The molecule has 3 aromatic carbocycles. The minimum absolute atomic E-state index is 0.0442. The number of anilines is 2. The smallest absolute Gasteiger partial charge is 0.407 e. The third kappa shape index (κ3) is 2.68. The van der Waals surface area contributed by atoms with Gasteiger partial charge in [-0.25, -0.2) is 0 Å². The number of rotatable bonds is 2. The topological polar surface area (TPSA) is 42.5 Å². The van der Waals surface area contributed by atoms with Gasteiger partial charge in [0.2, 0.25) is 0 Å². The zero-order valence-electron chi connectivity index (χ0n) is 13.9. The molecule has 2 aliphatic heterocycles. The Morgan fingerprint density at radius 1 is 0.720 bits per heavy atom. The lowest BCUT2D eigenvalue weighted by molar-refractivity contribution is 0.143. The first-order chi connectivity index (χ1) is 12.4. The van der Waals surface area contributed by atoms with Gasteiger partial charge in [0.15, 0.2) is 0 Å². The van der Waals surface area contributed by atoms with Crippen molar-refractivity contribution in [3.63, 3.8) is 0 Å². The number of hydrogen-bond acceptors (Lipinski definition) is 4. The van der Waals surface area contributed by atoms with Crippen LogP contribution in [-0.4, -0.2) is 27.3 Å². The summed E-state index contributed by atoms with van der Waals surface area (Å²) in [4.78, 5) is 0. The molecule has 0 saturated carbocycles.